The maximum Gasteiger partial charge on any atom is 1.00 e. The Morgan fingerprint density at radius 3 is 2.38 bits per heavy atom. The van der Waals surface area contributed by atoms with Crippen molar-refractivity contribution in [3.05, 3.63) is 0 Å². The van der Waals surface area contributed by atoms with Crippen LogP contribution in [0.4, 0.5) is 0 Å². The number of rotatable bonds is 3. The molecule has 0 amide bonds. The summed E-state index contributed by atoms with van der Waals surface area (Å²) in [5, 5.41) is 7.99. The predicted octanol–water partition coefficient (Wildman–Crippen LogP) is -1.79. The van der Waals surface area contributed by atoms with Crippen LogP contribution < -0.4 is 18.9 Å². The van der Waals surface area contributed by atoms with Crippen molar-refractivity contribution in [3.63, 3.8) is 0 Å². The minimum absolute atomic E-state index is 0. The van der Waals surface area contributed by atoms with Crippen molar-refractivity contribution in [3.8, 4) is 0 Å². The molecule has 0 atom stereocenters. The molecule has 0 aromatic carbocycles. The third kappa shape index (κ3) is 9.61. The van der Waals surface area contributed by atoms with Gasteiger partial charge in [-0.25, -0.2) is 0 Å². The topological polar surface area (TPSA) is 37.3 Å². The van der Waals surface area contributed by atoms with Crippen molar-refractivity contribution in [1.82, 2.24) is 0 Å². The molecule has 0 saturated carbocycles. The molecule has 2 nitrogen and oxygen atoms in total. The van der Waals surface area contributed by atoms with Gasteiger partial charge in [0, 0.05) is 12.3 Å². The maximum absolute atomic E-state index is 9.70. The molecule has 0 rings (SSSR count). The normalized spacial score (nSPS) is 7.62. The molecule has 0 aromatic rings. The first-order chi connectivity index (χ1) is 3.27. The van der Waals surface area contributed by atoms with Crippen LogP contribution in [-0.4, -0.2) is 17.0 Å². The molecule has 0 heterocycles. The summed E-state index contributed by atoms with van der Waals surface area (Å²) in [6.07, 6.45) is 0.750. The number of carboxylic acids is 1. The van der Waals surface area contributed by atoms with Crippen LogP contribution >= 0.6 is 11.6 Å². The van der Waals surface area contributed by atoms with E-state index in [9.17, 15) is 4.79 Å². The molecule has 0 aliphatic rings. The van der Waals surface area contributed by atoms with Gasteiger partial charge in [0.25, 0.3) is 0 Å². The first kappa shape index (κ1) is 11.2. The Labute approximate surface area is 66.9 Å². The van der Waals surface area contributed by atoms with Crippen molar-refractivity contribution >= 4 is 17.6 Å². The molecular weight excluding hydrogens is 122 g/mol. The SMILES string of the molecule is O=C(O)CCCCl.[H-].[Li+]. The molecule has 0 aliphatic heterocycles. The van der Waals surface area contributed by atoms with Gasteiger partial charge in [0.2, 0.25) is 0 Å². The number of alkyl halides is 1. The van der Waals surface area contributed by atoms with Crippen LogP contribution in [-0.2, 0) is 4.79 Å². The van der Waals surface area contributed by atoms with E-state index < -0.39 is 5.97 Å². The van der Waals surface area contributed by atoms with Crippen molar-refractivity contribution in [1.29, 1.82) is 0 Å². The van der Waals surface area contributed by atoms with Crippen LogP contribution in [0.5, 0.6) is 0 Å². The molecule has 0 radical (unpaired) electrons. The van der Waals surface area contributed by atoms with Crippen LogP contribution in [0.3, 0.4) is 0 Å². The van der Waals surface area contributed by atoms with Crippen molar-refractivity contribution in [2.45, 2.75) is 12.8 Å². The fourth-order valence-corrected chi connectivity index (χ4v) is 0.352. The largest absolute Gasteiger partial charge is 1.00 e. The molecule has 1 N–H and O–H groups in total. The molecule has 8 heavy (non-hydrogen) atoms. The fraction of sp³-hybridized carbons (Fsp3) is 0.750. The van der Waals surface area contributed by atoms with Gasteiger partial charge in [-0.3, -0.25) is 4.79 Å². The van der Waals surface area contributed by atoms with Crippen molar-refractivity contribution < 1.29 is 30.2 Å². The van der Waals surface area contributed by atoms with Crippen molar-refractivity contribution in [2.24, 2.45) is 0 Å². The number of hydrogen-bond donors (Lipinski definition) is 1. The van der Waals surface area contributed by atoms with Crippen molar-refractivity contribution in [2.75, 3.05) is 5.88 Å². The molecule has 0 saturated heterocycles. The molecule has 0 fully saturated rings. The van der Waals surface area contributed by atoms with Gasteiger partial charge in [-0.05, 0) is 6.42 Å². The summed E-state index contributed by atoms with van der Waals surface area (Å²) < 4.78 is 0. The second kappa shape index (κ2) is 7.36. The third-order valence-electron chi connectivity index (χ3n) is 0.524. The van der Waals surface area contributed by atoms with E-state index in [4.69, 9.17) is 16.7 Å². The number of hydrogen-bond acceptors (Lipinski definition) is 1. The first-order valence-corrected chi connectivity index (χ1v) is 2.58. The quantitative estimate of drug-likeness (QED) is 0.362. The van der Waals surface area contributed by atoms with E-state index in [0.29, 0.717) is 12.3 Å². The monoisotopic (exact) mass is 130 g/mol. The number of halogens is 1. The van der Waals surface area contributed by atoms with E-state index in [2.05, 4.69) is 0 Å². The summed E-state index contributed by atoms with van der Waals surface area (Å²) >= 11 is 5.18. The second-order valence-corrected chi connectivity index (χ2v) is 1.56. The van der Waals surface area contributed by atoms with Gasteiger partial charge in [-0.1, -0.05) is 0 Å². The zero-order chi connectivity index (χ0) is 5.70. The van der Waals surface area contributed by atoms with Crippen LogP contribution in [0.25, 0.3) is 0 Å². The average molecular weight is 130 g/mol. The molecule has 0 unspecified atom stereocenters. The van der Waals surface area contributed by atoms with E-state index in [1.165, 1.54) is 0 Å². The van der Waals surface area contributed by atoms with Crippen LogP contribution in [0.15, 0.2) is 0 Å². The molecule has 4 heteroatoms. The van der Waals surface area contributed by atoms with Gasteiger partial charge < -0.3 is 6.53 Å². The number of carboxylic acid groups (broad SMARTS) is 1. The third-order valence-corrected chi connectivity index (χ3v) is 0.792. The summed E-state index contributed by atoms with van der Waals surface area (Å²) in [5.41, 5.74) is 0. The average Bonchev–Trinajstić information content (AvgIpc) is 1.61. The Hall–Kier alpha value is 0.357. The summed E-state index contributed by atoms with van der Waals surface area (Å²) in [4.78, 5) is 9.70. The Morgan fingerprint density at radius 2 is 2.25 bits per heavy atom. The summed E-state index contributed by atoms with van der Waals surface area (Å²) in [6, 6.07) is 0. The molecule has 0 aliphatic carbocycles. The maximum atomic E-state index is 9.70. The summed E-state index contributed by atoms with van der Waals surface area (Å²) in [7, 11) is 0. The predicted molar refractivity (Wildman–Crippen MR) is 28.7 cm³/mol. The summed E-state index contributed by atoms with van der Waals surface area (Å²) in [5.74, 6) is -0.340. The van der Waals surface area contributed by atoms with Crippen LogP contribution in [0.1, 0.15) is 14.3 Å². The zero-order valence-electron chi connectivity index (χ0n) is 5.85. The van der Waals surface area contributed by atoms with E-state index in [0.717, 1.165) is 0 Å². The van der Waals surface area contributed by atoms with Gasteiger partial charge in [0.15, 0.2) is 0 Å². The minimum Gasteiger partial charge on any atom is -1.00 e. The van der Waals surface area contributed by atoms with Gasteiger partial charge in [0.05, 0.1) is 0 Å². The van der Waals surface area contributed by atoms with E-state index in [-0.39, 0.29) is 26.7 Å². The molecule has 0 aromatic heterocycles. The number of aliphatic carboxylic acids is 1. The minimum atomic E-state index is -0.777. The Bertz CT molecular complexity index is 71.6. The standard InChI is InChI=1S/C4H7ClO2.Li.H/c5-3-1-2-4(6)7;;/h1-3H2,(H,6,7);;/q;+1;-1. The van der Waals surface area contributed by atoms with Gasteiger partial charge in [-0.2, -0.15) is 0 Å². The Kier molecular flexibility index (Phi) is 10.3. The van der Waals surface area contributed by atoms with E-state index in [1.54, 1.807) is 0 Å². The fourth-order valence-electron chi connectivity index (χ4n) is 0.218. The Morgan fingerprint density at radius 1 is 1.75 bits per heavy atom. The van der Waals surface area contributed by atoms with E-state index in [1.807, 2.05) is 0 Å². The number of carbonyl (C=O) groups is 1. The summed E-state index contributed by atoms with van der Waals surface area (Å²) in [6.45, 7) is 0. The van der Waals surface area contributed by atoms with Gasteiger partial charge in [0.1, 0.15) is 0 Å². The molecule has 0 spiro atoms. The van der Waals surface area contributed by atoms with Crippen LogP contribution in [0.2, 0.25) is 0 Å². The smallest absolute Gasteiger partial charge is 1.00 e. The molecule has 44 valence electrons. The Balaban J connectivity index is -0.000000180. The second-order valence-electron chi connectivity index (χ2n) is 1.19. The zero-order valence-corrected chi connectivity index (χ0v) is 5.61. The molecule has 0 bridgehead atoms. The van der Waals surface area contributed by atoms with Gasteiger partial charge in [-0.15, -0.1) is 11.6 Å². The van der Waals surface area contributed by atoms with Gasteiger partial charge >= 0.3 is 24.8 Å². The van der Waals surface area contributed by atoms with E-state index >= 15 is 0 Å². The van der Waals surface area contributed by atoms with Crippen LogP contribution in [0, 0.1) is 0 Å². The molecular formula is C4H8ClLiO2. The first-order valence-electron chi connectivity index (χ1n) is 2.05.